The summed E-state index contributed by atoms with van der Waals surface area (Å²) in [5, 5.41) is 10.7. The predicted octanol–water partition coefficient (Wildman–Crippen LogP) is 5.99. The van der Waals surface area contributed by atoms with E-state index in [0.717, 1.165) is 17.1 Å². The van der Waals surface area contributed by atoms with Crippen molar-refractivity contribution < 1.29 is 0 Å². The number of H-pyrrole nitrogens is 1. The molecule has 0 spiro atoms. The molecule has 6 nitrogen and oxygen atoms in total. The largest absolute Gasteiger partial charge is 0.309 e. The number of para-hydroxylation sites is 1. The van der Waals surface area contributed by atoms with Crippen LogP contribution in [-0.2, 0) is 0 Å². The number of halogens is 1. The Morgan fingerprint density at radius 3 is 2.45 bits per heavy atom. The Morgan fingerprint density at radius 1 is 0.970 bits per heavy atom. The van der Waals surface area contributed by atoms with Crippen molar-refractivity contribution in [2.75, 3.05) is 0 Å². The highest BCUT2D eigenvalue weighted by Gasteiger charge is 2.21. The molecule has 0 amide bonds. The normalized spacial score (nSPS) is 12.2. The maximum absolute atomic E-state index is 12.5. The second-order valence-corrected chi connectivity index (χ2v) is 9.46. The molecule has 2 aromatic heterocycles. The topological polar surface area (TPSA) is 76.5 Å². The predicted molar refractivity (Wildman–Crippen MR) is 133 cm³/mol. The van der Waals surface area contributed by atoms with Crippen molar-refractivity contribution in [3.63, 3.8) is 0 Å². The first kappa shape index (κ1) is 21.4. The third-order valence-corrected chi connectivity index (χ3v) is 6.63. The van der Waals surface area contributed by atoms with Crippen LogP contribution in [-0.4, -0.2) is 24.7 Å². The first-order valence-electron chi connectivity index (χ1n) is 10.4. The molecule has 0 fully saturated rings. The molecule has 0 radical (unpaired) electrons. The third-order valence-electron chi connectivity index (χ3n) is 5.33. The quantitative estimate of drug-likeness (QED) is 0.317. The molecule has 0 aliphatic carbocycles. The van der Waals surface area contributed by atoms with E-state index >= 15 is 0 Å². The van der Waals surface area contributed by atoms with E-state index in [1.165, 1.54) is 17.3 Å². The van der Waals surface area contributed by atoms with E-state index in [9.17, 15) is 4.79 Å². The number of hydrogen-bond donors (Lipinski definition) is 1. The van der Waals surface area contributed by atoms with Gasteiger partial charge < -0.3 is 4.98 Å². The molecule has 164 valence electrons. The fourth-order valence-electron chi connectivity index (χ4n) is 3.57. The Morgan fingerprint density at radius 2 is 1.70 bits per heavy atom. The minimum absolute atomic E-state index is 0.150. The van der Waals surface area contributed by atoms with Crippen LogP contribution in [0.15, 0.2) is 82.7 Å². The number of hydrogen-bond acceptors (Lipinski definition) is 5. The molecule has 0 saturated carbocycles. The number of aromatic nitrogens is 5. The Hall–Kier alpha value is -3.42. The first-order valence-corrected chi connectivity index (χ1v) is 11.7. The fraction of sp³-hybridized carbons (Fsp3) is 0.120. The molecule has 33 heavy (non-hydrogen) atoms. The van der Waals surface area contributed by atoms with Gasteiger partial charge in [0.2, 0.25) is 0 Å². The van der Waals surface area contributed by atoms with Gasteiger partial charge in [-0.3, -0.25) is 9.36 Å². The summed E-state index contributed by atoms with van der Waals surface area (Å²) in [6, 6.07) is 23.1. The van der Waals surface area contributed by atoms with Crippen molar-refractivity contribution in [1.82, 2.24) is 24.7 Å². The molecule has 0 bridgehead atoms. The van der Waals surface area contributed by atoms with E-state index in [4.69, 9.17) is 11.6 Å². The van der Waals surface area contributed by atoms with E-state index in [0.29, 0.717) is 26.9 Å². The summed E-state index contributed by atoms with van der Waals surface area (Å²) in [6.07, 6.45) is 0. The van der Waals surface area contributed by atoms with Crippen LogP contribution < -0.4 is 5.56 Å². The number of aromatic amines is 1. The number of benzene rings is 3. The molecule has 5 aromatic rings. The van der Waals surface area contributed by atoms with Gasteiger partial charge in [-0.1, -0.05) is 65.3 Å². The molecule has 0 aliphatic rings. The zero-order chi connectivity index (χ0) is 22.9. The van der Waals surface area contributed by atoms with Gasteiger partial charge in [-0.05, 0) is 50.2 Å². The minimum Gasteiger partial charge on any atom is -0.309 e. The SMILES string of the molecule is Cc1ccc(-c2nnc(SC(C)c3nc4ccccc4c(=O)[nH]3)n2-c2ccc(Cl)cc2)cc1. The monoisotopic (exact) mass is 473 g/mol. The average molecular weight is 474 g/mol. The van der Waals surface area contributed by atoms with Crippen molar-refractivity contribution in [2.45, 2.75) is 24.3 Å². The lowest BCUT2D eigenvalue weighted by Crippen LogP contribution is -2.13. The first-order chi connectivity index (χ1) is 16.0. The summed E-state index contributed by atoms with van der Waals surface area (Å²) < 4.78 is 2.00. The van der Waals surface area contributed by atoms with E-state index < -0.39 is 0 Å². The number of thioether (sulfide) groups is 1. The van der Waals surface area contributed by atoms with Crippen LogP contribution in [0, 0.1) is 6.92 Å². The van der Waals surface area contributed by atoms with Gasteiger partial charge in [0.1, 0.15) is 5.82 Å². The summed E-state index contributed by atoms with van der Waals surface area (Å²) in [5.74, 6) is 1.32. The van der Waals surface area contributed by atoms with Crippen molar-refractivity contribution >= 4 is 34.3 Å². The van der Waals surface area contributed by atoms with Crippen LogP contribution in [0.1, 0.15) is 23.6 Å². The third kappa shape index (κ3) is 4.29. The van der Waals surface area contributed by atoms with E-state index in [-0.39, 0.29) is 10.8 Å². The van der Waals surface area contributed by atoms with Crippen LogP contribution in [0.25, 0.3) is 28.0 Å². The second kappa shape index (κ2) is 8.84. The second-order valence-electron chi connectivity index (χ2n) is 7.71. The summed E-state index contributed by atoms with van der Waals surface area (Å²) >= 11 is 7.61. The zero-order valence-corrected chi connectivity index (χ0v) is 19.6. The number of rotatable bonds is 5. The highest BCUT2D eigenvalue weighted by atomic mass is 35.5. The smallest absolute Gasteiger partial charge is 0.258 e. The van der Waals surface area contributed by atoms with Gasteiger partial charge in [0.05, 0.1) is 16.2 Å². The highest BCUT2D eigenvalue weighted by Crippen LogP contribution is 2.36. The summed E-state index contributed by atoms with van der Waals surface area (Å²) in [5.41, 5.74) is 3.55. The van der Waals surface area contributed by atoms with Crippen molar-refractivity contribution in [2.24, 2.45) is 0 Å². The molecule has 5 rings (SSSR count). The van der Waals surface area contributed by atoms with Crippen molar-refractivity contribution in [3.8, 4) is 17.1 Å². The molecule has 2 heterocycles. The lowest BCUT2D eigenvalue weighted by atomic mass is 10.1. The van der Waals surface area contributed by atoms with Gasteiger partial charge in [0.25, 0.3) is 5.56 Å². The van der Waals surface area contributed by atoms with Gasteiger partial charge >= 0.3 is 0 Å². The van der Waals surface area contributed by atoms with Crippen LogP contribution in [0.2, 0.25) is 5.02 Å². The molecule has 0 aliphatic heterocycles. The van der Waals surface area contributed by atoms with Crippen LogP contribution in [0.5, 0.6) is 0 Å². The summed E-state index contributed by atoms with van der Waals surface area (Å²) in [4.78, 5) is 20.1. The molecule has 1 atom stereocenters. The van der Waals surface area contributed by atoms with Gasteiger partial charge in [-0.25, -0.2) is 4.98 Å². The van der Waals surface area contributed by atoms with Crippen molar-refractivity contribution in [3.05, 3.63) is 99.6 Å². The van der Waals surface area contributed by atoms with Gasteiger partial charge in [-0.15, -0.1) is 10.2 Å². The average Bonchev–Trinajstić information content (AvgIpc) is 3.23. The van der Waals surface area contributed by atoms with E-state index in [1.807, 2.05) is 73.0 Å². The van der Waals surface area contributed by atoms with E-state index in [1.54, 1.807) is 6.07 Å². The maximum Gasteiger partial charge on any atom is 0.258 e. The highest BCUT2D eigenvalue weighted by molar-refractivity contribution is 7.99. The molecule has 8 heteroatoms. The molecule has 3 aromatic carbocycles. The summed E-state index contributed by atoms with van der Waals surface area (Å²) in [7, 11) is 0. The lowest BCUT2D eigenvalue weighted by molar-refractivity contribution is 0.862. The van der Waals surface area contributed by atoms with Crippen LogP contribution >= 0.6 is 23.4 Å². The Kier molecular flexibility index (Phi) is 5.74. The Labute approximate surface area is 199 Å². The Balaban J connectivity index is 1.57. The number of aryl methyl sites for hydroxylation is 1. The molecule has 1 unspecified atom stereocenters. The number of nitrogens with zero attached hydrogens (tertiary/aromatic N) is 4. The Bertz CT molecular complexity index is 1490. The lowest BCUT2D eigenvalue weighted by Gasteiger charge is -2.14. The number of fused-ring (bicyclic) bond motifs is 1. The maximum atomic E-state index is 12.5. The molecule has 0 saturated heterocycles. The van der Waals surface area contributed by atoms with Gasteiger partial charge in [-0.2, -0.15) is 0 Å². The minimum atomic E-state index is -0.163. The van der Waals surface area contributed by atoms with Gasteiger partial charge in [0, 0.05) is 16.3 Å². The van der Waals surface area contributed by atoms with Crippen LogP contribution in [0.3, 0.4) is 0 Å². The molecular weight excluding hydrogens is 454 g/mol. The molecular formula is C25H20ClN5OS. The number of nitrogens with one attached hydrogen (secondary N) is 1. The van der Waals surface area contributed by atoms with E-state index in [2.05, 4.69) is 32.3 Å². The van der Waals surface area contributed by atoms with Gasteiger partial charge in [0.15, 0.2) is 11.0 Å². The standard InChI is InChI=1S/C25H20ClN5OS/c1-15-7-9-17(10-8-15)23-29-30-25(31(23)19-13-11-18(26)12-14-19)33-16(2)22-27-21-6-4-3-5-20(21)24(32)28-22/h3-14,16H,1-2H3,(H,27,28,32). The molecule has 1 N–H and O–H groups in total. The fourth-order valence-corrected chi connectivity index (χ4v) is 4.62. The zero-order valence-electron chi connectivity index (χ0n) is 18.0. The summed E-state index contributed by atoms with van der Waals surface area (Å²) in [6.45, 7) is 4.04. The van der Waals surface area contributed by atoms with Crippen molar-refractivity contribution in [1.29, 1.82) is 0 Å². The van der Waals surface area contributed by atoms with Crippen LogP contribution in [0.4, 0.5) is 0 Å².